The first kappa shape index (κ1) is 12.1. The molecule has 0 aliphatic rings. The minimum atomic E-state index is 0.697. The molecular weight excluding hydrogens is 222 g/mol. The zero-order chi connectivity index (χ0) is 13.0. The zero-order valence-electron chi connectivity index (χ0n) is 10.6. The van der Waals surface area contributed by atoms with E-state index in [1.165, 1.54) is 0 Å². The van der Waals surface area contributed by atoms with Crippen LogP contribution >= 0.6 is 0 Å². The Bertz CT molecular complexity index is 597. The predicted molar refractivity (Wildman–Crippen MR) is 73.3 cm³/mol. The summed E-state index contributed by atoms with van der Waals surface area (Å²) in [6.45, 7) is 4.87. The van der Waals surface area contributed by atoms with Crippen molar-refractivity contribution in [3.8, 4) is 17.3 Å². The van der Waals surface area contributed by atoms with Crippen molar-refractivity contribution < 1.29 is 0 Å². The normalized spacial score (nSPS) is 9.83. The number of anilines is 1. The monoisotopic (exact) mass is 237 g/mol. The zero-order valence-corrected chi connectivity index (χ0v) is 10.6. The van der Waals surface area contributed by atoms with E-state index >= 15 is 0 Å². The van der Waals surface area contributed by atoms with Gasteiger partial charge >= 0.3 is 0 Å². The van der Waals surface area contributed by atoms with E-state index in [1.54, 1.807) is 6.20 Å². The molecule has 1 aromatic heterocycles. The van der Waals surface area contributed by atoms with Gasteiger partial charge in [0.2, 0.25) is 0 Å². The third-order valence-electron chi connectivity index (χ3n) is 2.79. The van der Waals surface area contributed by atoms with Gasteiger partial charge in [-0.05, 0) is 37.6 Å². The van der Waals surface area contributed by atoms with Crippen LogP contribution in [0.25, 0.3) is 11.3 Å². The Labute approximate surface area is 107 Å². The first-order chi connectivity index (χ1) is 8.74. The second kappa shape index (κ2) is 5.33. The minimum absolute atomic E-state index is 0.697. The molecule has 1 aromatic carbocycles. The van der Waals surface area contributed by atoms with Crippen LogP contribution in [0, 0.1) is 18.3 Å². The summed E-state index contributed by atoms with van der Waals surface area (Å²) in [5.41, 5.74) is 4.58. The lowest BCUT2D eigenvalue weighted by atomic mass is 10.0. The third-order valence-corrected chi connectivity index (χ3v) is 2.79. The fourth-order valence-corrected chi connectivity index (χ4v) is 1.80. The molecule has 0 aliphatic heterocycles. The maximum absolute atomic E-state index is 9.05. The van der Waals surface area contributed by atoms with Crippen LogP contribution < -0.4 is 5.32 Å². The van der Waals surface area contributed by atoms with Crippen molar-refractivity contribution in [1.82, 2.24) is 4.98 Å². The number of hydrogen-bond donors (Lipinski definition) is 1. The molecule has 2 aromatic rings. The molecule has 0 saturated carbocycles. The van der Waals surface area contributed by atoms with Gasteiger partial charge in [0.1, 0.15) is 0 Å². The van der Waals surface area contributed by atoms with Gasteiger partial charge in [-0.2, -0.15) is 5.26 Å². The largest absolute Gasteiger partial charge is 0.385 e. The maximum atomic E-state index is 9.05. The smallest absolute Gasteiger partial charge is 0.0994 e. The molecule has 0 atom stereocenters. The molecule has 0 fully saturated rings. The van der Waals surface area contributed by atoms with Gasteiger partial charge in [0.15, 0.2) is 0 Å². The predicted octanol–water partition coefficient (Wildman–Crippen LogP) is 3.36. The molecule has 0 saturated heterocycles. The third kappa shape index (κ3) is 2.49. The number of aryl methyl sites for hydroxylation is 1. The molecule has 0 bridgehead atoms. The van der Waals surface area contributed by atoms with E-state index in [4.69, 9.17) is 5.26 Å². The Hall–Kier alpha value is -2.34. The van der Waals surface area contributed by atoms with Crippen molar-refractivity contribution in [2.75, 3.05) is 11.9 Å². The summed E-state index contributed by atoms with van der Waals surface area (Å²) in [6.07, 6.45) is 1.78. The molecule has 0 unspecified atom stereocenters. The second-order valence-corrected chi connectivity index (χ2v) is 4.10. The van der Waals surface area contributed by atoms with Crippen molar-refractivity contribution in [3.05, 3.63) is 47.7 Å². The lowest BCUT2D eigenvalue weighted by Crippen LogP contribution is -1.97. The SMILES string of the molecule is CCNc1ccnc(-c2ccc(C)c(C#N)c2)c1. The van der Waals surface area contributed by atoms with Crippen LogP contribution in [-0.2, 0) is 0 Å². The van der Waals surface area contributed by atoms with Gasteiger partial charge in [-0.1, -0.05) is 12.1 Å². The molecule has 0 amide bonds. The van der Waals surface area contributed by atoms with E-state index in [1.807, 2.05) is 37.3 Å². The Kier molecular flexibility index (Phi) is 3.59. The Morgan fingerprint density at radius 1 is 1.28 bits per heavy atom. The standard InChI is InChI=1S/C15H15N3/c1-3-17-14-6-7-18-15(9-14)12-5-4-11(2)13(8-12)10-16/h4-9H,3H2,1-2H3,(H,17,18). The maximum Gasteiger partial charge on any atom is 0.0994 e. The highest BCUT2D eigenvalue weighted by molar-refractivity contribution is 5.66. The van der Waals surface area contributed by atoms with E-state index in [-0.39, 0.29) is 0 Å². The van der Waals surface area contributed by atoms with Gasteiger partial charge in [-0.25, -0.2) is 0 Å². The van der Waals surface area contributed by atoms with Crippen LogP contribution in [0.1, 0.15) is 18.1 Å². The average Bonchev–Trinajstić information content (AvgIpc) is 2.40. The molecule has 1 N–H and O–H groups in total. The molecule has 2 rings (SSSR count). The van der Waals surface area contributed by atoms with E-state index < -0.39 is 0 Å². The molecule has 90 valence electrons. The van der Waals surface area contributed by atoms with Crippen molar-refractivity contribution in [2.45, 2.75) is 13.8 Å². The van der Waals surface area contributed by atoms with Crippen molar-refractivity contribution >= 4 is 5.69 Å². The molecule has 3 nitrogen and oxygen atoms in total. The lowest BCUT2D eigenvalue weighted by Gasteiger charge is -2.07. The van der Waals surface area contributed by atoms with E-state index in [2.05, 4.69) is 23.3 Å². The minimum Gasteiger partial charge on any atom is -0.385 e. The average molecular weight is 237 g/mol. The van der Waals surface area contributed by atoms with E-state index in [9.17, 15) is 0 Å². The lowest BCUT2D eigenvalue weighted by molar-refractivity contribution is 1.20. The summed E-state index contributed by atoms with van der Waals surface area (Å²) in [5, 5.41) is 12.3. The van der Waals surface area contributed by atoms with Crippen LogP contribution in [0.15, 0.2) is 36.5 Å². The van der Waals surface area contributed by atoms with Crippen molar-refractivity contribution in [1.29, 1.82) is 5.26 Å². The number of hydrogen-bond acceptors (Lipinski definition) is 3. The number of nitrogens with zero attached hydrogens (tertiary/aromatic N) is 2. The van der Waals surface area contributed by atoms with E-state index in [0.717, 1.165) is 29.1 Å². The summed E-state index contributed by atoms with van der Waals surface area (Å²) in [6, 6.07) is 12.0. The molecule has 0 aliphatic carbocycles. The summed E-state index contributed by atoms with van der Waals surface area (Å²) >= 11 is 0. The second-order valence-electron chi connectivity index (χ2n) is 4.10. The fourth-order valence-electron chi connectivity index (χ4n) is 1.80. The van der Waals surface area contributed by atoms with Crippen LogP contribution in [0.4, 0.5) is 5.69 Å². The van der Waals surface area contributed by atoms with Crippen LogP contribution in [-0.4, -0.2) is 11.5 Å². The highest BCUT2D eigenvalue weighted by Crippen LogP contribution is 2.22. The number of rotatable bonds is 3. The molecule has 18 heavy (non-hydrogen) atoms. The molecular formula is C15H15N3. The Morgan fingerprint density at radius 3 is 2.83 bits per heavy atom. The highest BCUT2D eigenvalue weighted by Gasteiger charge is 2.04. The number of nitriles is 1. The first-order valence-electron chi connectivity index (χ1n) is 5.95. The summed E-state index contributed by atoms with van der Waals surface area (Å²) in [7, 11) is 0. The molecule has 0 radical (unpaired) electrons. The highest BCUT2D eigenvalue weighted by atomic mass is 14.9. The molecule has 0 spiro atoms. The van der Waals surface area contributed by atoms with Crippen molar-refractivity contribution in [3.63, 3.8) is 0 Å². The number of benzene rings is 1. The van der Waals surface area contributed by atoms with Crippen LogP contribution in [0.3, 0.4) is 0 Å². The van der Waals surface area contributed by atoms with Gasteiger partial charge in [-0.15, -0.1) is 0 Å². The first-order valence-corrected chi connectivity index (χ1v) is 5.95. The van der Waals surface area contributed by atoms with E-state index in [0.29, 0.717) is 5.56 Å². The van der Waals surface area contributed by atoms with Gasteiger partial charge in [0.05, 0.1) is 17.3 Å². The van der Waals surface area contributed by atoms with Crippen LogP contribution in [0.2, 0.25) is 0 Å². The summed E-state index contributed by atoms with van der Waals surface area (Å²) < 4.78 is 0. The number of pyridine rings is 1. The van der Waals surface area contributed by atoms with Gasteiger partial charge in [-0.3, -0.25) is 4.98 Å². The molecule has 3 heteroatoms. The van der Waals surface area contributed by atoms with Gasteiger partial charge in [0, 0.05) is 24.0 Å². The topological polar surface area (TPSA) is 48.7 Å². The summed E-state index contributed by atoms with van der Waals surface area (Å²) in [4.78, 5) is 4.35. The molecule has 1 heterocycles. The van der Waals surface area contributed by atoms with Crippen molar-refractivity contribution in [2.24, 2.45) is 0 Å². The fraction of sp³-hybridized carbons (Fsp3) is 0.200. The summed E-state index contributed by atoms with van der Waals surface area (Å²) in [5.74, 6) is 0. The number of nitrogens with one attached hydrogen (secondary N) is 1. The number of aromatic nitrogens is 1. The Balaban J connectivity index is 2.42. The Morgan fingerprint density at radius 2 is 2.11 bits per heavy atom. The van der Waals surface area contributed by atoms with Crippen LogP contribution in [0.5, 0.6) is 0 Å². The quantitative estimate of drug-likeness (QED) is 0.890. The van der Waals surface area contributed by atoms with Gasteiger partial charge in [0.25, 0.3) is 0 Å². The van der Waals surface area contributed by atoms with Gasteiger partial charge < -0.3 is 5.32 Å².